The van der Waals surface area contributed by atoms with Gasteiger partial charge in [0.1, 0.15) is 12.0 Å². The van der Waals surface area contributed by atoms with Crippen LogP contribution in [-0.4, -0.2) is 32.3 Å². The minimum Gasteiger partial charge on any atom is -0.461 e. The number of esters is 1. The molecule has 0 aromatic heterocycles. The molecule has 1 aliphatic rings. The lowest BCUT2D eigenvalue weighted by Crippen LogP contribution is -2.53. The standard InChI is InChI=1S/C18H34O4Si/c1-10-14-11(2)16(22-23(8,9)18(5,6)7)12(3)15(19)13(4)17(20)21-14/h11-14,16H,10H2,1-9H3/t11-,12+,13?,14+,16+/m0/s1. The molecule has 0 radical (unpaired) electrons. The number of ether oxygens (including phenoxy) is 1. The fraction of sp³-hybridized carbons (Fsp3) is 0.889. The first-order chi connectivity index (χ1) is 10.3. The van der Waals surface area contributed by atoms with Gasteiger partial charge < -0.3 is 9.16 Å². The number of carbonyl (C=O) groups excluding carboxylic acids is 2. The summed E-state index contributed by atoms with van der Waals surface area (Å²) >= 11 is 0. The van der Waals surface area contributed by atoms with Gasteiger partial charge in [-0.1, -0.05) is 41.5 Å². The molecule has 1 rings (SSSR count). The van der Waals surface area contributed by atoms with Crippen molar-refractivity contribution in [2.45, 2.75) is 85.2 Å². The highest BCUT2D eigenvalue weighted by Crippen LogP contribution is 2.40. The molecule has 0 saturated carbocycles. The van der Waals surface area contributed by atoms with Crippen molar-refractivity contribution in [2.24, 2.45) is 17.8 Å². The smallest absolute Gasteiger partial charge is 0.316 e. The van der Waals surface area contributed by atoms with E-state index in [-0.39, 0.29) is 34.9 Å². The number of rotatable bonds is 3. The Balaban J connectivity index is 3.19. The second kappa shape index (κ2) is 7.05. The van der Waals surface area contributed by atoms with E-state index in [1.807, 2.05) is 20.8 Å². The predicted molar refractivity (Wildman–Crippen MR) is 94.7 cm³/mol. The first-order valence-corrected chi connectivity index (χ1v) is 11.7. The maximum atomic E-state index is 12.6. The van der Waals surface area contributed by atoms with Crippen LogP contribution in [0.4, 0.5) is 0 Å². The normalized spacial score (nSPS) is 33.9. The average molecular weight is 343 g/mol. The largest absolute Gasteiger partial charge is 0.461 e. The third kappa shape index (κ3) is 4.24. The third-order valence-electron chi connectivity index (χ3n) is 5.73. The summed E-state index contributed by atoms with van der Waals surface area (Å²) in [7, 11) is -2.02. The van der Waals surface area contributed by atoms with Crippen LogP contribution in [0.25, 0.3) is 0 Å². The number of cyclic esters (lactones) is 1. The Morgan fingerprint density at radius 3 is 2.09 bits per heavy atom. The first-order valence-electron chi connectivity index (χ1n) is 8.75. The van der Waals surface area contributed by atoms with E-state index in [1.54, 1.807) is 6.92 Å². The molecule has 4 nitrogen and oxygen atoms in total. The first kappa shape index (κ1) is 20.4. The number of Topliss-reactive ketones (excluding diaryl/α,β-unsaturated/α-hetero) is 1. The Morgan fingerprint density at radius 1 is 1.13 bits per heavy atom. The van der Waals surface area contributed by atoms with E-state index in [4.69, 9.17) is 9.16 Å². The van der Waals surface area contributed by atoms with E-state index in [0.29, 0.717) is 0 Å². The van der Waals surface area contributed by atoms with Gasteiger partial charge in [0, 0.05) is 11.8 Å². The zero-order valence-corrected chi connectivity index (χ0v) is 17.2. The highest BCUT2D eigenvalue weighted by atomic mass is 28.4. The molecule has 0 spiro atoms. The maximum Gasteiger partial charge on any atom is 0.316 e. The molecule has 0 aliphatic carbocycles. The summed E-state index contributed by atoms with van der Waals surface area (Å²) in [4.78, 5) is 24.7. The minimum absolute atomic E-state index is 0.00419. The molecule has 0 aromatic carbocycles. The Bertz CT molecular complexity index is 452. The molecule has 0 bridgehead atoms. The van der Waals surface area contributed by atoms with Crippen molar-refractivity contribution < 1.29 is 18.8 Å². The van der Waals surface area contributed by atoms with Gasteiger partial charge in [-0.25, -0.2) is 0 Å². The monoisotopic (exact) mass is 342 g/mol. The number of carbonyl (C=O) groups is 2. The van der Waals surface area contributed by atoms with Gasteiger partial charge in [0.25, 0.3) is 0 Å². The molecule has 1 fully saturated rings. The second-order valence-corrected chi connectivity index (χ2v) is 13.3. The van der Waals surface area contributed by atoms with Gasteiger partial charge in [-0.15, -0.1) is 0 Å². The summed E-state index contributed by atoms with van der Waals surface area (Å²) in [5.41, 5.74) is 0. The molecular formula is C18H34O4Si. The molecule has 0 aromatic rings. The van der Waals surface area contributed by atoms with Crippen LogP contribution in [0.2, 0.25) is 18.1 Å². The summed E-state index contributed by atoms with van der Waals surface area (Å²) in [6.07, 6.45) is 0.330. The molecule has 5 heteroatoms. The minimum atomic E-state index is -2.02. The van der Waals surface area contributed by atoms with Crippen LogP contribution >= 0.6 is 0 Å². The summed E-state index contributed by atoms with van der Waals surface area (Å²) in [6, 6.07) is 0. The van der Waals surface area contributed by atoms with Gasteiger partial charge in [0.05, 0.1) is 6.10 Å². The Morgan fingerprint density at radius 2 is 1.65 bits per heavy atom. The van der Waals surface area contributed by atoms with Crippen LogP contribution in [0.3, 0.4) is 0 Å². The number of ketones is 1. The number of hydrogen-bond donors (Lipinski definition) is 0. The molecule has 1 heterocycles. The maximum absolute atomic E-state index is 12.6. The lowest BCUT2D eigenvalue weighted by Gasteiger charge is -2.45. The van der Waals surface area contributed by atoms with E-state index in [9.17, 15) is 9.59 Å². The van der Waals surface area contributed by atoms with E-state index in [2.05, 4.69) is 33.9 Å². The van der Waals surface area contributed by atoms with Crippen LogP contribution < -0.4 is 0 Å². The topological polar surface area (TPSA) is 52.6 Å². The van der Waals surface area contributed by atoms with Crippen LogP contribution in [0, 0.1) is 17.8 Å². The van der Waals surface area contributed by atoms with Gasteiger partial charge in [-0.3, -0.25) is 9.59 Å². The van der Waals surface area contributed by atoms with Crippen LogP contribution in [0.15, 0.2) is 0 Å². The van der Waals surface area contributed by atoms with Crippen LogP contribution in [0.1, 0.15) is 54.9 Å². The van der Waals surface area contributed by atoms with Crippen molar-refractivity contribution >= 4 is 20.1 Å². The van der Waals surface area contributed by atoms with Crippen LogP contribution in [0.5, 0.6) is 0 Å². The fourth-order valence-electron chi connectivity index (χ4n) is 2.88. The van der Waals surface area contributed by atoms with Gasteiger partial charge >= 0.3 is 5.97 Å². The lowest BCUT2D eigenvalue weighted by molar-refractivity contribution is -0.167. The van der Waals surface area contributed by atoms with E-state index < -0.39 is 20.2 Å². The van der Waals surface area contributed by atoms with Crippen molar-refractivity contribution in [3.63, 3.8) is 0 Å². The SMILES string of the molecule is CC[C@H]1OC(=O)C(C)C(=O)[C@@H](C)[C@H](O[Si](C)(C)C(C)(C)C)[C@H]1C. The van der Waals surface area contributed by atoms with E-state index in [0.717, 1.165) is 6.42 Å². The molecule has 5 atom stereocenters. The molecule has 1 saturated heterocycles. The van der Waals surface area contributed by atoms with Gasteiger partial charge in [-0.05, 0) is 31.5 Å². The molecule has 23 heavy (non-hydrogen) atoms. The van der Waals surface area contributed by atoms with Gasteiger partial charge in [0.2, 0.25) is 0 Å². The molecule has 0 N–H and O–H groups in total. The summed E-state index contributed by atoms with van der Waals surface area (Å²) < 4.78 is 12.2. The molecule has 134 valence electrons. The molecule has 1 aliphatic heterocycles. The second-order valence-electron chi connectivity index (χ2n) is 8.50. The molecule has 1 unspecified atom stereocenters. The zero-order valence-electron chi connectivity index (χ0n) is 16.2. The summed E-state index contributed by atoms with van der Waals surface area (Å²) in [5.74, 6) is -1.47. The van der Waals surface area contributed by atoms with Gasteiger partial charge in [0.15, 0.2) is 14.1 Å². The molecule has 0 amide bonds. The van der Waals surface area contributed by atoms with E-state index >= 15 is 0 Å². The Labute approximate surface area is 142 Å². The zero-order chi connectivity index (χ0) is 18.2. The van der Waals surface area contributed by atoms with Crippen molar-refractivity contribution in [2.75, 3.05) is 0 Å². The van der Waals surface area contributed by atoms with Crippen LogP contribution in [-0.2, 0) is 18.8 Å². The summed E-state index contributed by atoms with van der Waals surface area (Å²) in [5, 5.41) is 0.0713. The number of hydrogen-bond acceptors (Lipinski definition) is 4. The highest BCUT2D eigenvalue weighted by molar-refractivity contribution is 6.74. The Hall–Kier alpha value is -0.683. The average Bonchev–Trinajstić information content (AvgIpc) is 2.45. The quantitative estimate of drug-likeness (QED) is 0.438. The van der Waals surface area contributed by atoms with Crippen molar-refractivity contribution in [1.82, 2.24) is 0 Å². The third-order valence-corrected chi connectivity index (χ3v) is 10.2. The Kier molecular flexibility index (Phi) is 6.25. The van der Waals surface area contributed by atoms with Crippen molar-refractivity contribution in [3.8, 4) is 0 Å². The lowest BCUT2D eigenvalue weighted by atomic mass is 9.81. The van der Waals surface area contributed by atoms with Gasteiger partial charge in [-0.2, -0.15) is 0 Å². The molecular weight excluding hydrogens is 308 g/mol. The highest BCUT2D eigenvalue weighted by Gasteiger charge is 2.47. The van der Waals surface area contributed by atoms with Crippen molar-refractivity contribution in [3.05, 3.63) is 0 Å². The fourth-order valence-corrected chi connectivity index (χ4v) is 4.33. The van der Waals surface area contributed by atoms with Crippen molar-refractivity contribution in [1.29, 1.82) is 0 Å². The summed E-state index contributed by atoms with van der Waals surface area (Å²) in [6.45, 7) is 18.6. The van der Waals surface area contributed by atoms with E-state index in [1.165, 1.54) is 0 Å². The predicted octanol–water partition coefficient (Wildman–Crippen LogP) is 4.19.